The SMILES string of the molecule is CC(C)Oc1ccc(NC(=O)CCn2cnc3ccc(Br)cc3c2=O)cc1Cl. The number of nitrogens with one attached hydrogen (secondary N) is 1. The molecule has 3 rings (SSSR count). The van der Waals surface area contributed by atoms with E-state index in [2.05, 4.69) is 26.2 Å². The zero-order valence-corrected chi connectivity index (χ0v) is 17.8. The summed E-state index contributed by atoms with van der Waals surface area (Å²) >= 11 is 9.54. The summed E-state index contributed by atoms with van der Waals surface area (Å²) in [5.74, 6) is 0.337. The molecule has 1 heterocycles. The van der Waals surface area contributed by atoms with E-state index in [9.17, 15) is 9.59 Å². The van der Waals surface area contributed by atoms with Crippen LogP contribution < -0.4 is 15.6 Å². The molecule has 0 aliphatic heterocycles. The molecule has 0 radical (unpaired) electrons. The molecule has 0 fully saturated rings. The van der Waals surface area contributed by atoms with Gasteiger partial charge in [0, 0.05) is 23.1 Å². The highest BCUT2D eigenvalue weighted by molar-refractivity contribution is 9.10. The van der Waals surface area contributed by atoms with Gasteiger partial charge in [0.25, 0.3) is 5.56 Å². The molecular weight excluding hydrogens is 446 g/mol. The van der Waals surface area contributed by atoms with Gasteiger partial charge in [0.2, 0.25) is 5.91 Å². The molecule has 0 saturated carbocycles. The molecule has 0 unspecified atom stereocenters. The van der Waals surface area contributed by atoms with Gasteiger partial charge in [-0.15, -0.1) is 0 Å². The molecule has 1 aromatic heterocycles. The van der Waals surface area contributed by atoms with Crippen molar-refractivity contribution in [1.82, 2.24) is 9.55 Å². The van der Waals surface area contributed by atoms with Gasteiger partial charge in [-0.05, 0) is 50.2 Å². The van der Waals surface area contributed by atoms with E-state index in [1.807, 2.05) is 19.9 Å². The number of amides is 1. The van der Waals surface area contributed by atoms with Gasteiger partial charge in [-0.2, -0.15) is 0 Å². The van der Waals surface area contributed by atoms with E-state index in [0.717, 1.165) is 4.47 Å². The maximum absolute atomic E-state index is 12.6. The number of benzene rings is 2. The Morgan fingerprint density at radius 3 is 2.79 bits per heavy atom. The molecule has 0 saturated heterocycles. The third-order valence-electron chi connectivity index (χ3n) is 3.94. The fourth-order valence-electron chi connectivity index (χ4n) is 2.66. The smallest absolute Gasteiger partial charge is 0.261 e. The molecule has 2 aromatic carbocycles. The molecule has 0 atom stereocenters. The average Bonchev–Trinajstić information content (AvgIpc) is 2.63. The first-order valence-electron chi connectivity index (χ1n) is 8.74. The number of anilines is 1. The molecule has 1 N–H and O–H groups in total. The Morgan fingerprint density at radius 2 is 2.07 bits per heavy atom. The van der Waals surface area contributed by atoms with Crippen LogP contribution in [0.3, 0.4) is 0 Å². The Kier molecular flexibility index (Phi) is 6.36. The molecule has 28 heavy (non-hydrogen) atoms. The largest absolute Gasteiger partial charge is 0.489 e. The van der Waals surface area contributed by atoms with E-state index in [0.29, 0.717) is 27.4 Å². The van der Waals surface area contributed by atoms with Crippen LogP contribution in [-0.2, 0) is 11.3 Å². The fourth-order valence-corrected chi connectivity index (χ4v) is 3.25. The monoisotopic (exact) mass is 463 g/mol. The van der Waals surface area contributed by atoms with Crippen LogP contribution in [0.15, 0.2) is 52.0 Å². The van der Waals surface area contributed by atoms with Crippen molar-refractivity contribution in [3.8, 4) is 5.75 Å². The topological polar surface area (TPSA) is 73.2 Å². The normalized spacial score (nSPS) is 11.0. The second-order valence-corrected chi connectivity index (χ2v) is 7.84. The number of nitrogens with zero attached hydrogens (tertiary/aromatic N) is 2. The molecule has 0 aliphatic rings. The molecule has 0 spiro atoms. The predicted octanol–water partition coefficient (Wildman–Crippen LogP) is 4.63. The molecule has 0 bridgehead atoms. The number of carbonyl (C=O) groups excluding carboxylic acids is 1. The highest BCUT2D eigenvalue weighted by atomic mass is 79.9. The first kappa shape index (κ1) is 20.4. The number of fused-ring (bicyclic) bond motifs is 1. The highest BCUT2D eigenvalue weighted by Gasteiger charge is 2.10. The standard InChI is InChI=1S/C20H19BrClN3O3/c1-12(2)28-18-6-4-14(10-16(18)22)24-19(26)7-8-25-11-23-17-5-3-13(21)9-15(17)20(25)27/h3-6,9-12H,7-8H2,1-2H3,(H,24,26). The summed E-state index contributed by atoms with van der Waals surface area (Å²) in [6.07, 6.45) is 1.59. The number of hydrogen-bond acceptors (Lipinski definition) is 4. The first-order valence-corrected chi connectivity index (χ1v) is 9.91. The number of aromatic nitrogens is 2. The van der Waals surface area contributed by atoms with Crippen LogP contribution in [0.1, 0.15) is 20.3 Å². The van der Waals surface area contributed by atoms with Crippen LogP contribution in [-0.4, -0.2) is 21.6 Å². The van der Waals surface area contributed by atoms with Crippen molar-refractivity contribution in [3.05, 3.63) is 62.6 Å². The molecular formula is C20H19BrClN3O3. The number of rotatable bonds is 6. The molecule has 146 valence electrons. The number of hydrogen-bond donors (Lipinski definition) is 1. The lowest BCUT2D eigenvalue weighted by molar-refractivity contribution is -0.116. The zero-order chi connectivity index (χ0) is 20.3. The van der Waals surface area contributed by atoms with Gasteiger partial charge < -0.3 is 10.1 Å². The maximum atomic E-state index is 12.6. The lowest BCUT2D eigenvalue weighted by Gasteiger charge is -2.13. The van der Waals surface area contributed by atoms with E-state index in [4.69, 9.17) is 16.3 Å². The fraction of sp³-hybridized carbons (Fsp3) is 0.250. The zero-order valence-electron chi connectivity index (χ0n) is 15.4. The minimum absolute atomic E-state index is 0.00689. The van der Waals surface area contributed by atoms with Crippen molar-refractivity contribution in [2.45, 2.75) is 32.9 Å². The van der Waals surface area contributed by atoms with E-state index in [1.165, 1.54) is 10.9 Å². The average molecular weight is 465 g/mol. The van der Waals surface area contributed by atoms with E-state index in [-0.39, 0.29) is 30.5 Å². The van der Waals surface area contributed by atoms with Crippen molar-refractivity contribution in [1.29, 1.82) is 0 Å². The second-order valence-electron chi connectivity index (χ2n) is 6.51. The quantitative estimate of drug-likeness (QED) is 0.577. The van der Waals surface area contributed by atoms with Crippen molar-refractivity contribution in [3.63, 3.8) is 0 Å². The van der Waals surface area contributed by atoms with Crippen LogP contribution in [0.2, 0.25) is 5.02 Å². The van der Waals surface area contributed by atoms with Crippen LogP contribution >= 0.6 is 27.5 Å². The van der Waals surface area contributed by atoms with Gasteiger partial charge in [-0.3, -0.25) is 14.2 Å². The number of aryl methyl sites for hydroxylation is 1. The van der Waals surface area contributed by atoms with Crippen molar-refractivity contribution < 1.29 is 9.53 Å². The van der Waals surface area contributed by atoms with Crippen LogP contribution in [0.5, 0.6) is 5.75 Å². The molecule has 3 aromatic rings. The lowest BCUT2D eigenvalue weighted by Crippen LogP contribution is -2.23. The molecule has 8 heteroatoms. The number of ether oxygens (including phenoxy) is 1. The second kappa shape index (κ2) is 8.75. The Morgan fingerprint density at radius 1 is 1.29 bits per heavy atom. The van der Waals surface area contributed by atoms with Crippen LogP contribution in [0, 0.1) is 0 Å². The summed E-state index contributed by atoms with van der Waals surface area (Å²) < 4.78 is 7.81. The maximum Gasteiger partial charge on any atom is 0.261 e. The first-order chi connectivity index (χ1) is 13.3. The summed E-state index contributed by atoms with van der Waals surface area (Å²) in [5, 5.41) is 3.70. The Bertz CT molecular complexity index is 1080. The van der Waals surface area contributed by atoms with Crippen molar-refractivity contribution >= 4 is 50.0 Å². The van der Waals surface area contributed by atoms with Gasteiger partial charge in [-0.25, -0.2) is 4.98 Å². The van der Waals surface area contributed by atoms with Crippen molar-refractivity contribution in [2.24, 2.45) is 0 Å². The van der Waals surface area contributed by atoms with Gasteiger partial charge in [0.1, 0.15) is 5.75 Å². The Labute approximate surface area is 175 Å². The van der Waals surface area contributed by atoms with Crippen LogP contribution in [0.25, 0.3) is 10.9 Å². The summed E-state index contributed by atoms with van der Waals surface area (Å²) in [7, 11) is 0. The predicted molar refractivity (Wildman–Crippen MR) is 114 cm³/mol. The summed E-state index contributed by atoms with van der Waals surface area (Å²) in [6, 6.07) is 10.4. The van der Waals surface area contributed by atoms with E-state index in [1.54, 1.807) is 30.3 Å². The molecule has 1 amide bonds. The van der Waals surface area contributed by atoms with E-state index >= 15 is 0 Å². The molecule has 6 nitrogen and oxygen atoms in total. The Balaban J connectivity index is 1.66. The van der Waals surface area contributed by atoms with Crippen molar-refractivity contribution in [2.75, 3.05) is 5.32 Å². The minimum atomic E-state index is -0.227. The minimum Gasteiger partial charge on any atom is -0.489 e. The van der Waals surface area contributed by atoms with E-state index < -0.39 is 0 Å². The van der Waals surface area contributed by atoms with Gasteiger partial charge in [-0.1, -0.05) is 27.5 Å². The van der Waals surface area contributed by atoms with Gasteiger partial charge in [0.05, 0.1) is 28.4 Å². The summed E-state index contributed by atoms with van der Waals surface area (Å²) in [4.78, 5) is 29.1. The number of carbonyl (C=O) groups is 1. The molecule has 0 aliphatic carbocycles. The van der Waals surface area contributed by atoms with Crippen LogP contribution in [0.4, 0.5) is 5.69 Å². The van der Waals surface area contributed by atoms with Gasteiger partial charge >= 0.3 is 0 Å². The van der Waals surface area contributed by atoms with Gasteiger partial charge in [0.15, 0.2) is 0 Å². The summed E-state index contributed by atoms with van der Waals surface area (Å²) in [6.45, 7) is 4.05. The third-order valence-corrected chi connectivity index (χ3v) is 4.73. The summed E-state index contributed by atoms with van der Waals surface area (Å²) in [5.41, 5.74) is 1.00. The highest BCUT2D eigenvalue weighted by Crippen LogP contribution is 2.28. The lowest BCUT2D eigenvalue weighted by atomic mass is 10.2. The Hall–Kier alpha value is -2.38. The number of halogens is 2. The third kappa shape index (κ3) is 4.91.